The van der Waals surface area contributed by atoms with Crippen molar-refractivity contribution in [2.45, 2.75) is 45.4 Å². The lowest BCUT2D eigenvalue weighted by molar-refractivity contribution is -0.307. The number of fused-ring (bicyclic) bond motifs is 1. The van der Waals surface area contributed by atoms with Crippen molar-refractivity contribution >= 4 is 5.82 Å². The normalized spacial score (nSPS) is 17.6. The molecule has 1 aliphatic heterocycles. The van der Waals surface area contributed by atoms with Gasteiger partial charge in [-0.2, -0.15) is 4.98 Å². The molecule has 0 saturated heterocycles. The van der Waals surface area contributed by atoms with Crippen LogP contribution in [-0.4, -0.2) is 38.9 Å². The minimum absolute atomic E-state index is 0.169. The van der Waals surface area contributed by atoms with E-state index in [4.69, 9.17) is 4.74 Å². The Morgan fingerprint density at radius 2 is 2.04 bits per heavy atom. The van der Waals surface area contributed by atoms with Gasteiger partial charge in [0.1, 0.15) is 5.82 Å². The lowest BCUT2D eigenvalue weighted by Crippen LogP contribution is -2.36. The Bertz CT molecular complexity index is 927. The van der Waals surface area contributed by atoms with Gasteiger partial charge in [-0.15, -0.1) is 0 Å². The summed E-state index contributed by atoms with van der Waals surface area (Å²) in [5.74, 6) is -5.16. The van der Waals surface area contributed by atoms with Gasteiger partial charge in [-0.25, -0.2) is 8.78 Å². The Labute approximate surface area is 155 Å². The van der Waals surface area contributed by atoms with E-state index in [9.17, 15) is 19.0 Å². The number of nitrogens with zero attached hydrogens (tertiary/aromatic N) is 4. The molecule has 2 aromatic rings. The highest BCUT2D eigenvalue weighted by Gasteiger charge is 2.36. The zero-order valence-corrected chi connectivity index (χ0v) is 15.5. The first kappa shape index (κ1) is 19.2. The van der Waals surface area contributed by atoms with Crippen molar-refractivity contribution in [3.8, 4) is 5.88 Å². The average Bonchev–Trinajstić information content (AvgIpc) is 2.92. The largest absolute Gasteiger partial charge is 0.417 e. The SMILES string of the molecule is CN=c1nc(OC(O)(O)c2cccc(F)c2F)cc2n1CC(C)N2C(C)C. The molecule has 3 rings (SSSR count). The molecule has 0 bridgehead atoms. The number of ether oxygens (including phenoxy) is 1. The van der Waals surface area contributed by atoms with Gasteiger partial charge in [0.2, 0.25) is 11.5 Å². The molecule has 1 atom stereocenters. The average molecular weight is 380 g/mol. The zero-order chi connectivity index (χ0) is 19.9. The number of rotatable bonds is 4. The summed E-state index contributed by atoms with van der Waals surface area (Å²) in [5, 5.41) is 20.4. The predicted molar refractivity (Wildman–Crippen MR) is 93.9 cm³/mol. The van der Waals surface area contributed by atoms with E-state index in [1.54, 1.807) is 7.05 Å². The predicted octanol–water partition coefficient (Wildman–Crippen LogP) is 1.48. The van der Waals surface area contributed by atoms with E-state index in [1.165, 1.54) is 6.07 Å². The minimum atomic E-state index is -3.10. The Hall–Kier alpha value is -2.52. The molecule has 1 aliphatic rings. The fourth-order valence-corrected chi connectivity index (χ4v) is 3.40. The molecule has 1 aromatic carbocycles. The molecule has 0 spiro atoms. The van der Waals surface area contributed by atoms with E-state index in [1.807, 2.05) is 18.4 Å². The highest BCUT2D eigenvalue weighted by molar-refractivity contribution is 5.47. The van der Waals surface area contributed by atoms with E-state index in [2.05, 4.69) is 21.8 Å². The highest BCUT2D eigenvalue weighted by Crippen LogP contribution is 2.31. The van der Waals surface area contributed by atoms with Crippen molar-refractivity contribution in [3.05, 3.63) is 47.1 Å². The van der Waals surface area contributed by atoms with Gasteiger partial charge < -0.3 is 19.8 Å². The number of hydrogen-bond acceptors (Lipinski definition) is 6. The van der Waals surface area contributed by atoms with Crippen LogP contribution in [0.2, 0.25) is 0 Å². The first-order valence-electron chi connectivity index (χ1n) is 8.57. The Morgan fingerprint density at radius 1 is 1.33 bits per heavy atom. The van der Waals surface area contributed by atoms with Gasteiger partial charge in [0.25, 0.3) is 0 Å². The molecule has 2 N–H and O–H groups in total. The van der Waals surface area contributed by atoms with Gasteiger partial charge >= 0.3 is 5.97 Å². The van der Waals surface area contributed by atoms with Crippen LogP contribution in [0.1, 0.15) is 26.3 Å². The first-order valence-corrected chi connectivity index (χ1v) is 8.57. The molecule has 0 amide bonds. The highest BCUT2D eigenvalue weighted by atomic mass is 19.2. The third kappa shape index (κ3) is 3.40. The van der Waals surface area contributed by atoms with Crippen LogP contribution in [0.4, 0.5) is 14.6 Å². The van der Waals surface area contributed by atoms with Crippen LogP contribution in [0.5, 0.6) is 5.88 Å². The van der Waals surface area contributed by atoms with Crippen molar-refractivity contribution in [1.29, 1.82) is 0 Å². The van der Waals surface area contributed by atoms with Crippen LogP contribution in [-0.2, 0) is 12.5 Å². The number of hydrogen-bond donors (Lipinski definition) is 2. The fraction of sp³-hybridized carbons (Fsp3) is 0.444. The van der Waals surface area contributed by atoms with Crippen LogP contribution in [0.25, 0.3) is 0 Å². The van der Waals surface area contributed by atoms with Crippen LogP contribution in [0.15, 0.2) is 29.3 Å². The lowest BCUT2D eigenvalue weighted by atomic mass is 10.1. The molecule has 27 heavy (non-hydrogen) atoms. The molecule has 1 unspecified atom stereocenters. The van der Waals surface area contributed by atoms with Gasteiger partial charge in [-0.05, 0) is 32.9 Å². The van der Waals surface area contributed by atoms with Crippen LogP contribution in [0, 0.1) is 11.6 Å². The summed E-state index contributed by atoms with van der Waals surface area (Å²) >= 11 is 0. The second-order valence-corrected chi connectivity index (χ2v) is 6.75. The summed E-state index contributed by atoms with van der Waals surface area (Å²) in [4.78, 5) is 10.4. The number of aromatic nitrogens is 2. The molecule has 0 aliphatic carbocycles. The van der Waals surface area contributed by atoms with Crippen molar-refractivity contribution in [1.82, 2.24) is 9.55 Å². The summed E-state index contributed by atoms with van der Waals surface area (Å²) in [6.45, 7) is 6.77. The monoisotopic (exact) mass is 380 g/mol. The van der Waals surface area contributed by atoms with Crippen LogP contribution < -0.4 is 15.3 Å². The number of anilines is 1. The zero-order valence-electron chi connectivity index (χ0n) is 15.5. The molecule has 9 heteroatoms. The second-order valence-electron chi connectivity index (χ2n) is 6.75. The maximum atomic E-state index is 14.0. The molecule has 0 fully saturated rings. The molecule has 146 valence electrons. The van der Waals surface area contributed by atoms with E-state index in [-0.39, 0.29) is 18.0 Å². The van der Waals surface area contributed by atoms with Crippen molar-refractivity contribution < 1.29 is 23.7 Å². The van der Waals surface area contributed by atoms with Gasteiger partial charge in [0.15, 0.2) is 11.6 Å². The summed E-state index contributed by atoms with van der Waals surface area (Å²) in [5.41, 5.74) is -0.422. The number of benzene rings is 1. The third-order valence-electron chi connectivity index (χ3n) is 4.47. The van der Waals surface area contributed by atoms with Crippen molar-refractivity contribution in [2.24, 2.45) is 4.99 Å². The standard InChI is InChI=1S/C18H22F2N4O3/c1-10(2)24-11(3)9-23-15(24)8-14(22-17(23)21-4)27-18(25,26)12-6-5-7-13(19)16(12)20/h5-8,10-11,25-26H,9H2,1-4H3. The topological polar surface area (TPSA) is 83.1 Å². The molecule has 0 saturated carbocycles. The van der Waals surface area contributed by atoms with E-state index >= 15 is 0 Å². The van der Waals surface area contributed by atoms with Gasteiger partial charge in [-0.3, -0.25) is 9.56 Å². The maximum Gasteiger partial charge on any atom is 0.355 e. The van der Waals surface area contributed by atoms with E-state index in [0.29, 0.717) is 12.2 Å². The Balaban J connectivity index is 2.05. The molecule has 0 radical (unpaired) electrons. The Kier molecular flexibility index (Phi) is 4.92. The lowest BCUT2D eigenvalue weighted by Gasteiger charge is -2.28. The quantitative estimate of drug-likeness (QED) is 0.786. The van der Waals surface area contributed by atoms with Crippen molar-refractivity contribution in [2.75, 3.05) is 11.9 Å². The van der Waals surface area contributed by atoms with Gasteiger partial charge in [-0.1, -0.05) is 6.07 Å². The summed E-state index contributed by atoms with van der Waals surface area (Å²) in [7, 11) is 1.56. The summed E-state index contributed by atoms with van der Waals surface area (Å²) in [6, 6.07) is 4.91. The third-order valence-corrected chi connectivity index (χ3v) is 4.47. The summed E-state index contributed by atoms with van der Waals surface area (Å²) < 4.78 is 34.4. The van der Waals surface area contributed by atoms with Gasteiger partial charge in [0.05, 0.1) is 5.56 Å². The van der Waals surface area contributed by atoms with Crippen molar-refractivity contribution in [3.63, 3.8) is 0 Å². The smallest absolute Gasteiger partial charge is 0.355 e. The molecular weight excluding hydrogens is 358 g/mol. The molecule has 7 nitrogen and oxygen atoms in total. The number of halogens is 2. The van der Waals surface area contributed by atoms with Crippen LogP contribution >= 0.6 is 0 Å². The van der Waals surface area contributed by atoms with E-state index in [0.717, 1.165) is 24.0 Å². The molecule has 1 aromatic heterocycles. The van der Waals surface area contributed by atoms with Gasteiger partial charge in [0, 0.05) is 31.7 Å². The molecule has 2 heterocycles. The van der Waals surface area contributed by atoms with E-state index < -0.39 is 23.2 Å². The molecular formula is C18H22F2N4O3. The number of aliphatic hydroxyl groups is 2. The van der Waals surface area contributed by atoms with Crippen LogP contribution in [0.3, 0.4) is 0 Å². The fourth-order valence-electron chi connectivity index (χ4n) is 3.40. The summed E-state index contributed by atoms with van der Waals surface area (Å²) in [6.07, 6.45) is 0. The second kappa shape index (κ2) is 6.90. The minimum Gasteiger partial charge on any atom is -0.417 e. The Morgan fingerprint density at radius 3 is 2.67 bits per heavy atom. The maximum absolute atomic E-state index is 14.0. The first-order chi connectivity index (χ1) is 12.7.